The minimum atomic E-state index is -0.486. The average molecular weight is 425 g/mol. The number of hydrogen-bond acceptors (Lipinski definition) is 6. The molecule has 3 heterocycles. The number of ether oxygens (including phenoxy) is 3. The van der Waals surface area contributed by atoms with Crippen LogP contribution in [0.4, 0.5) is 0 Å². The van der Waals surface area contributed by atoms with Gasteiger partial charge in [-0.1, -0.05) is 24.3 Å². The van der Waals surface area contributed by atoms with Gasteiger partial charge in [0.15, 0.2) is 0 Å². The van der Waals surface area contributed by atoms with Crippen LogP contribution in [-0.2, 0) is 9.47 Å². The first kappa shape index (κ1) is 20.9. The smallest absolute Gasteiger partial charge is 0.120 e. The van der Waals surface area contributed by atoms with E-state index in [2.05, 4.69) is 46.2 Å². The number of likely N-dealkylation sites (tertiary alicyclic amines) is 1. The Hall–Kier alpha value is -1.96. The molecule has 0 aliphatic carbocycles. The van der Waals surface area contributed by atoms with Crippen LogP contribution in [0, 0.1) is 0 Å². The quantitative estimate of drug-likeness (QED) is 0.737. The Morgan fingerprint density at radius 1 is 1.00 bits per heavy atom. The zero-order chi connectivity index (χ0) is 21.0. The van der Waals surface area contributed by atoms with Crippen molar-refractivity contribution >= 4 is 16.3 Å². The molecule has 3 aliphatic heterocycles. The van der Waals surface area contributed by atoms with Gasteiger partial charge < -0.3 is 19.3 Å². The second-order valence-corrected chi connectivity index (χ2v) is 8.76. The molecule has 166 valence electrons. The van der Waals surface area contributed by atoms with Crippen LogP contribution < -0.4 is 4.74 Å². The Balaban J connectivity index is 1.13. The first-order chi connectivity index (χ1) is 15.2. The van der Waals surface area contributed by atoms with E-state index in [0.717, 1.165) is 63.6 Å². The minimum Gasteiger partial charge on any atom is -0.491 e. The van der Waals surface area contributed by atoms with Crippen LogP contribution in [0.15, 0.2) is 42.5 Å². The highest BCUT2D eigenvalue weighted by Crippen LogP contribution is 2.27. The molecule has 0 bridgehead atoms. The standard InChI is InChI=1S/C25H32N2O4/c28-24(17-26-15-23(16-26)27-7-11-30-12-8-27)18-31-25-4-3-19-1-2-21(13-22(19)14-25)20-5-9-29-10-6-20/h1-5,13-14,23-24,28H,6-12,15-18H2. The van der Waals surface area contributed by atoms with Crippen LogP contribution in [0.25, 0.3) is 16.3 Å². The number of aliphatic hydroxyl groups is 1. The maximum atomic E-state index is 10.5. The van der Waals surface area contributed by atoms with Crippen molar-refractivity contribution in [1.29, 1.82) is 0 Å². The summed E-state index contributed by atoms with van der Waals surface area (Å²) < 4.78 is 16.8. The van der Waals surface area contributed by atoms with Gasteiger partial charge in [0, 0.05) is 38.8 Å². The van der Waals surface area contributed by atoms with Crippen molar-refractivity contribution in [2.75, 3.05) is 65.8 Å². The van der Waals surface area contributed by atoms with E-state index in [1.165, 1.54) is 16.5 Å². The van der Waals surface area contributed by atoms with Crippen molar-refractivity contribution < 1.29 is 19.3 Å². The zero-order valence-corrected chi connectivity index (χ0v) is 18.0. The molecule has 2 aromatic carbocycles. The van der Waals surface area contributed by atoms with E-state index >= 15 is 0 Å². The molecule has 0 spiro atoms. The number of benzene rings is 2. The molecule has 1 N–H and O–H groups in total. The molecule has 2 fully saturated rings. The Morgan fingerprint density at radius 3 is 2.65 bits per heavy atom. The molecular weight excluding hydrogens is 392 g/mol. The Bertz CT molecular complexity index is 919. The first-order valence-electron chi connectivity index (χ1n) is 11.4. The molecule has 0 radical (unpaired) electrons. The molecule has 2 saturated heterocycles. The van der Waals surface area contributed by atoms with E-state index in [-0.39, 0.29) is 0 Å². The van der Waals surface area contributed by atoms with E-state index in [4.69, 9.17) is 14.2 Å². The highest BCUT2D eigenvalue weighted by Gasteiger charge is 2.33. The minimum absolute atomic E-state index is 0.312. The fourth-order valence-electron chi connectivity index (χ4n) is 4.71. The maximum Gasteiger partial charge on any atom is 0.120 e. The second-order valence-electron chi connectivity index (χ2n) is 8.76. The monoisotopic (exact) mass is 424 g/mol. The normalized spacial score (nSPS) is 22.2. The summed E-state index contributed by atoms with van der Waals surface area (Å²) >= 11 is 0. The van der Waals surface area contributed by atoms with Gasteiger partial charge in [-0.05, 0) is 46.5 Å². The van der Waals surface area contributed by atoms with Gasteiger partial charge in [0.25, 0.3) is 0 Å². The summed E-state index contributed by atoms with van der Waals surface area (Å²) in [4.78, 5) is 4.81. The molecule has 6 heteroatoms. The lowest BCUT2D eigenvalue weighted by Gasteiger charge is -2.47. The Kier molecular flexibility index (Phi) is 6.53. The van der Waals surface area contributed by atoms with Gasteiger partial charge in [0.1, 0.15) is 18.5 Å². The van der Waals surface area contributed by atoms with Crippen molar-refractivity contribution in [3.8, 4) is 5.75 Å². The Morgan fingerprint density at radius 2 is 1.84 bits per heavy atom. The number of rotatable bonds is 7. The van der Waals surface area contributed by atoms with E-state index < -0.39 is 6.10 Å². The summed E-state index contributed by atoms with van der Waals surface area (Å²) in [5.41, 5.74) is 2.60. The van der Waals surface area contributed by atoms with Crippen LogP contribution >= 0.6 is 0 Å². The molecule has 1 atom stereocenters. The van der Waals surface area contributed by atoms with Gasteiger partial charge in [-0.25, -0.2) is 0 Å². The number of morpholine rings is 1. The molecular formula is C25H32N2O4. The van der Waals surface area contributed by atoms with Gasteiger partial charge in [0.2, 0.25) is 0 Å². The molecule has 0 saturated carbocycles. The van der Waals surface area contributed by atoms with Crippen molar-refractivity contribution in [3.05, 3.63) is 48.0 Å². The summed E-state index contributed by atoms with van der Waals surface area (Å²) in [5.74, 6) is 0.805. The van der Waals surface area contributed by atoms with E-state index in [9.17, 15) is 5.11 Å². The number of nitrogens with zero attached hydrogens (tertiary/aromatic N) is 2. The average Bonchev–Trinajstić information content (AvgIpc) is 2.80. The highest BCUT2D eigenvalue weighted by atomic mass is 16.5. The topological polar surface area (TPSA) is 54.4 Å². The third-order valence-corrected chi connectivity index (χ3v) is 6.56. The first-order valence-corrected chi connectivity index (χ1v) is 11.4. The lowest BCUT2D eigenvalue weighted by molar-refractivity contribution is -0.0461. The van der Waals surface area contributed by atoms with Crippen molar-refractivity contribution in [3.63, 3.8) is 0 Å². The summed E-state index contributed by atoms with van der Waals surface area (Å²) in [7, 11) is 0. The van der Waals surface area contributed by atoms with Gasteiger partial charge in [-0.2, -0.15) is 0 Å². The van der Waals surface area contributed by atoms with Crippen LogP contribution in [0.2, 0.25) is 0 Å². The fourth-order valence-corrected chi connectivity index (χ4v) is 4.71. The largest absolute Gasteiger partial charge is 0.491 e. The van der Waals surface area contributed by atoms with Crippen LogP contribution in [0.5, 0.6) is 5.75 Å². The van der Waals surface area contributed by atoms with Crippen molar-refractivity contribution in [1.82, 2.24) is 9.80 Å². The molecule has 0 aromatic heterocycles. The SMILES string of the molecule is OC(COc1ccc2ccc(C3=CCOCC3)cc2c1)CN1CC(N2CCOCC2)C1. The maximum absolute atomic E-state index is 10.5. The number of aliphatic hydroxyl groups excluding tert-OH is 1. The molecule has 1 unspecified atom stereocenters. The molecule has 5 rings (SSSR count). The third-order valence-electron chi connectivity index (χ3n) is 6.56. The van der Waals surface area contributed by atoms with Crippen LogP contribution in [0.3, 0.4) is 0 Å². The predicted molar refractivity (Wildman–Crippen MR) is 121 cm³/mol. The van der Waals surface area contributed by atoms with Gasteiger partial charge in [-0.3, -0.25) is 9.80 Å². The van der Waals surface area contributed by atoms with Crippen LogP contribution in [0.1, 0.15) is 12.0 Å². The fraction of sp³-hybridized carbons (Fsp3) is 0.520. The molecule has 3 aliphatic rings. The molecule has 6 nitrogen and oxygen atoms in total. The number of β-amino-alcohol motifs (C(OH)–C–C–N with tert-alkyl or cyclic N) is 1. The summed E-state index contributed by atoms with van der Waals surface area (Å²) in [6.45, 7) is 8.23. The Labute approximate surface area is 184 Å². The van der Waals surface area contributed by atoms with E-state index in [0.29, 0.717) is 25.8 Å². The van der Waals surface area contributed by atoms with Gasteiger partial charge in [-0.15, -0.1) is 0 Å². The van der Waals surface area contributed by atoms with Crippen molar-refractivity contribution in [2.45, 2.75) is 18.6 Å². The molecule has 2 aromatic rings. The number of fused-ring (bicyclic) bond motifs is 1. The second kappa shape index (κ2) is 9.67. The molecule has 31 heavy (non-hydrogen) atoms. The zero-order valence-electron chi connectivity index (χ0n) is 18.0. The third kappa shape index (κ3) is 5.10. The predicted octanol–water partition coefficient (Wildman–Crippen LogP) is 2.40. The summed E-state index contributed by atoms with van der Waals surface area (Å²) in [6.07, 6.45) is 2.64. The van der Waals surface area contributed by atoms with Crippen LogP contribution in [-0.4, -0.2) is 92.8 Å². The van der Waals surface area contributed by atoms with Gasteiger partial charge >= 0.3 is 0 Å². The summed E-state index contributed by atoms with van der Waals surface area (Å²) in [6, 6.07) is 13.3. The van der Waals surface area contributed by atoms with E-state index in [1.807, 2.05) is 6.07 Å². The lowest BCUT2D eigenvalue weighted by Crippen LogP contribution is -2.62. The highest BCUT2D eigenvalue weighted by molar-refractivity contribution is 5.87. The van der Waals surface area contributed by atoms with Crippen molar-refractivity contribution in [2.24, 2.45) is 0 Å². The number of hydrogen-bond donors (Lipinski definition) is 1. The van der Waals surface area contributed by atoms with Gasteiger partial charge in [0.05, 0.1) is 26.4 Å². The molecule has 0 amide bonds. The lowest BCUT2D eigenvalue weighted by atomic mass is 9.98. The van der Waals surface area contributed by atoms with E-state index in [1.54, 1.807) is 0 Å². The summed E-state index contributed by atoms with van der Waals surface area (Å²) in [5, 5.41) is 12.8.